The predicted octanol–water partition coefficient (Wildman–Crippen LogP) is 2.97. The highest BCUT2D eigenvalue weighted by molar-refractivity contribution is 7.89. The molecule has 1 fully saturated rings. The summed E-state index contributed by atoms with van der Waals surface area (Å²) in [5, 5.41) is 1.85. The number of hydrogen-bond donors (Lipinski definition) is 0. The number of piperazine rings is 1. The molecule has 164 valence electrons. The quantitative estimate of drug-likeness (QED) is 0.571. The number of ether oxygens (including phenoxy) is 1. The lowest BCUT2D eigenvalue weighted by Gasteiger charge is -2.34. The standard InChI is InChI=1S/C24H22N2O5S/c27-23(16-22-20-7-3-4-8-21(20)24(28)31-22)25-11-13-26(14-12-25)32(29,30)19-10-9-17-5-1-2-6-18(17)15-19/h1-10,15,22H,11-14,16H2. The zero-order valence-corrected chi connectivity index (χ0v) is 18.1. The van der Waals surface area contributed by atoms with Gasteiger partial charge in [0.1, 0.15) is 6.10 Å². The summed E-state index contributed by atoms with van der Waals surface area (Å²) < 4.78 is 33.0. The van der Waals surface area contributed by atoms with Gasteiger partial charge in [-0.3, -0.25) is 4.79 Å². The number of carbonyl (C=O) groups excluding carboxylic acids is 2. The van der Waals surface area contributed by atoms with Crippen LogP contribution in [0.4, 0.5) is 0 Å². The van der Waals surface area contributed by atoms with Gasteiger partial charge in [-0.25, -0.2) is 13.2 Å². The first-order valence-electron chi connectivity index (χ1n) is 10.5. The summed E-state index contributed by atoms with van der Waals surface area (Å²) >= 11 is 0. The molecule has 3 aromatic carbocycles. The molecule has 0 spiro atoms. The lowest BCUT2D eigenvalue weighted by atomic mass is 10.0. The van der Waals surface area contributed by atoms with E-state index in [1.165, 1.54) is 4.31 Å². The molecule has 2 aliphatic rings. The van der Waals surface area contributed by atoms with Crippen LogP contribution >= 0.6 is 0 Å². The fourth-order valence-electron chi connectivity index (χ4n) is 4.31. The van der Waals surface area contributed by atoms with E-state index >= 15 is 0 Å². The van der Waals surface area contributed by atoms with E-state index in [0.717, 1.165) is 16.3 Å². The Morgan fingerprint density at radius 2 is 1.59 bits per heavy atom. The summed E-state index contributed by atoms with van der Waals surface area (Å²) in [4.78, 5) is 26.7. The molecule has 0 N–H and O–H groups in total. The van der Waals surface area contributed by atoms with Gasteiger partial charge in [0.05, 0.1) is 16.9 Å². The van der Waals surface area contributed by atoms with Crippen molar-refractivity contribution in [2.45, 2.75) is 17.4 Å². The highest BCUT2D eigenvalue weighted by atomic mass is 32.2. The molecule has 2 aliphatic heterocycles. The lowest BCUT2D eigenvalue weighted by molar-refractivity contribution is -0.134. The van der Waals surface area contributed by atoms with Crippen LogP contribution in [0.15, 0.2) is 71.6 Å². The molecule has 2 heterocycles. The number of amides is 1. The van der Waals surface area contributed by atoms with Crippen molar-refractivity contribution in [2.24, 2.45) is 0 Å². The van der Waals surface area contributed by atoms with E-state index in [0.29, 0.717) is 18.7 Å². The minimum absolute atomic E-state index is 0.0557. The van der Waals surface area contributed by atoms with Gasteiger partial charge in [-0.1, -0.05) is 48.5 Å². The monoisotopic (exact) mass is 450 g/mol. The normalized spacial score (nSPS) is 19.1. The highest BCUT2D eigenvalue weighted by Gasteiger charge is 2.35. The third-order valence-corrected chi connectivity index (χ3v) is 7.98. The maximum atomic E-state index is 13.1. The maximum Gasteiger partial charge on any atom is 0.339 e. The Morgan fingerprint density at radius 3 is 2.38 bits per heavy atom. The molecule has 0 aliphatic carbocycles. The number of esters is 1. The average molecular weight is 451 g/mol. The Hall–Kier alpha value is -3.23. The minimum atomic E-state index is -3.65. The lowest BCUT2D eigenvalue weighted by Crippen LogP contribution is -2.50. The van der Waals surface area contributed by atoms with Crippen LogP contribution in [0.5, 0.6) is 0 Å². The zero-order chi connectivity index (χ0) is 22.3. The SMILES string of the molecule is O=C1OC(CC(=O)N2CCN(S(=O)(=O)c3ccc4ccccc4c3)CC2)c2ccccc21. The summed E-state index contributed by atoms with van der Waals surface area (Å²) in [6.45, 7) is 1.05. The second-order valence-electron chi connectivity index (χ2n) is 7.98. The van der Waals surface area contributed by atoms with Crippen LogP contribution < -0.4 is 0 Å². The number of rotatable bonds is 4. The van der Waals surface area contributed by atoms with Gasteiger partial charge in [0.2, 0.25) is 15.9 Å². The first-order chi connectivity index (χ1) is 15.4. The van der Waals surface area contributed by atoms with Crippen molar-refractivity contribution in [1.29, 1.82) is 0 Å². The smallest absolute Gasteiger partial charge is 0.339 e. The molecule has 1 saturated heterocycles. The molecule has 0 radical (unpaired) electrons. The van der Waals surface area contributed by atoms with Gasteiger partial charge in [0.15, 0.2) is 0 Å². The van der Waals surface area contributed by atoms with Crippen molar-refractivity contribution in [3.63, 3.8) is 0 Å². The first-order valence-corrected chi connectivity index (χ1v) is 11.9. The van der Waals surface area contributed by atoms with E-state index in [9.17, 15) is 18.0 Å². The summed E-state index contributed by atoms with van der Waals surface area (Å²) in [7, 11) is -3.65. The molecule has 32 heavy (non-hydrogen) atoms. The Kier molecular flexibility index (Phi) is 5.19. The van der Waals surface area contributed by atoms with Gasteiger partial charge in [-0.15, -0.1) is 0 Å². The van der Waals surface area contributed by atoms with E-state index in [2.05, 4.69) is 0 Å². The fourth-order valence-corrected chi connectivity index (χ4v) is 5.77. The third kappa shape index (κ3) is 3.65. The van der Waals surface area contributed by atoms with Gasteiger partial charge < -0.3 is 9.64 Å². The second-order valence-corrected chi connectivity index (χ2v) is 9.92. The van der Waals surface area contributed by atoms with Crippen molar-refractivity contribution in [3.8, 4) is 0 Å². The van der Waals surface area contributed by atoms with E-state index in [1.807, 2.05) is 36.4 Å². The van der Waals surface area contributed by atoms with Gasteiger partial charge in [-0.2, -0.15) is 4.31 Å². The van der Waals surface area contributed by atoms with Crippen molar-refractivity contribution in [2.75, 3.05) is 26.2 Å². The van der Waals surface area contributed by atoms with E-state index in [4.69, 9.17) is 4.74 Å². The molecule has 1 amide bonds. The molecule has 1 unspecified atom stereocenters. The highest BCUT2D eigenvalue weighted by Crippen LogP contribution is 2.33. The van der Waals surface area contributed by atoms with Crippen LogP contribution in [-0.4, -0.2) is 55.7 Å². The van der Waals surface area contributed by atoms with Crippen molar-refractivity contribution < 1.29 is 22.7 Å². The Morgan fingerprint density at radius 1 is 0.906 bits per heavy atom. The molecule has 0 aromatic heterocycles. The summed E-state index contributed by atoms with van der Waals surface area (Å²) in [6.07, 6.45) is -0.536. The molecule has 3 aromatic rings. The number of benzene rings is 3. The molecule has 7 nitrogen and oxygen atoms in total. The van der Waals surface area contributed by atoms with Gasteiger partial charge >= 0.3 is 5.97 Å². The fraction of sp³-hybridized carbons (Fsp3) is 0.250. The average Bonchev–Trinajstić information content (AvgIpc) is 3.14. The van der Waals surface area contributed by atoms with Gasteiger partial charge in [-0.05, 0) is 29.0 Å². The molecular weight excluding hydrogens is 428 g/mol. The number of cyclic esters (lactones) is 1. The van der Waals surface area contributed by atoms with Crippen LogP contribution in [-0.2, 0) is 19.6 Å². The van der Waals surface area contributed by atoms with E-state index < -0.39 is 22.1 Å². The topological polar surface area (TPSA) is 84.0 Å². The Labute approximate surface area is 186 Å². The first kappa shape index (κ1) is 20.7. The van der Waals surface area contributed by atoms with Crippen LogP contribution in [0.2, 0.25) is 0 Å². The summed E-state index contributed by atoms with van der Waals surface area (Å²) in [5.41, 5.74) is 1.22. The Bertz CT molecular complexity index is 1310. The van der Waals surface area contributed by atoms with Crippen LogP contribution in [0.3, 0.4) is 0 Å². The summed E-state index contributed by atoms with van der Waals surface area (Å²) in [5.74, 6) is -0.563. The largest absolute Gasteiger partial charge is 0.453 e. The third-order valence-electron chi connectivity index (χ3n) is 6.09. The molecule has 0 bridgehead atoms. The van der Waals surface area contributed by atoms with E-state index in [1.54, 1.807) is 35.2 Å². The molecular formula is C24H22N2O5S. The molecule has 1 atom stereocenters. The summed E-state index contributed by atoms with van der Waals surface area (Å²) in [6, 6.07) is 19.8. The van der Waals surface area contributed by atoms with Crippen molar-refractivity contribution >= 4 is 32.7 Å². The predicted molar refractivity (Wildman–Crippen MR) is 119 cm³/mol. The second kappa shape index (κ2) is 8.03. The minimum Gasteiger partial charge on any atom is -0.453 e. The van der Waals surface area contributed by atoms with E-state index in [-0.39, 0.29) is 30.3 Å². The van der Waals surface area contributed by atoms with Crippen molar-refractivity contribution in [3.05, 3.63) is 77.9 Å². The Balaban J connectivity index is 1.24. The molecule has 0 saturated carbocycles. The molecule has 8 heteroatoms. The van der Waals surface area contributed by atoms with Crippen LogP contribution in [0, 0.1) is 0 Å². The number of sulfonamides is 1. The van der Waals surface area contributed by atoms with Crippen molar-refractivity contribution in [1.82, 2.24) is 9.21 Å². The van der Waals surface area contributed by atoms with Gasteiger partial charge in [0.25, 0.3) is 0 Å². The number of nitrogens with zero attached hydrogens (tertiary/aromatic N) is 2. The number of hydrogen-bond acceptors (Lipinski definition) is 5. The molecule has 5 rings (SSSR count). The van der Waals surface area contributed by atoms with Crippen LogP contribution in [0.1, 0.15) is 28.4 Å². The van der Waals surface area contributed by atoms with Gasteiger partial charge in [0, 0.05) is 31.7 Å². The maximum absolute atomic E-state index is 13.1. The number of fused-ring (bicyclic) bond motifs is 2. The van der Waals surface area contributed by atoms with Crippen LogP contribution in [0.25, 0.3) is 10.8 Å². The zero-order valence-electron chi connectivity index (χ0n) is 17.3. The number of carbonyl (C=O) groups is 2.